The first-order chi connectivity index (χ1) is 12.8. The number of hydrogen-bond donors (Lipinski definition) is 1. The Balaban J connectivity index is 1.47. The van der Waals surface area contributed by atoms with E-state index in [2.05, 4.69) is 15.5 Å². The molecule has 0 aliphatic heterocycles. The summed E-state index contributed by atoms with van der Waals surface area (Å²) in [4.78, 5) is 19.2. The van der Waals surface area contributed by atoms with Gasteiger partial charge in [0, 0.05) is 15.3 Å². The smallest absolute Gasteiger partial charge is 0.246 e. The molecule has 5 nitrogen and oxygen atoms in total. The maximum atomic E-state index is 12.8. The van der Waals surface area contributed by atoms with Crippen molar-refractivity contribution in [1.82, 2.24) is 15.5 Å². The largest absolute Gasteiger partial charge is 0.346 e. The molecule has 7 heteroatoms. The van der Waals surface area contributed by atoms with Crippen LogP contribution in [0.25, 0.3) is 11.4 Å². The van der Waals surface area contributed by atoms with Gasteiger partial charge >= 0.3 is 0 Å². The highest BCUT2D eigenvalue weighted by molar-refractivity contribution is 7.11. The Kier molecular flexibility index (Phi) is 4.90. The van der Waals surface area contributed by atoms with E-state index in [1.807, 2.05) is 65.4 Å². The van der Waals surface area contributed by atoms with Gasteiger partial charge in [-0.05, 0) is 22.9 Å². The number of amides is 1. The molecule has 0 radical (unpaired) electrons. The summed E-state index contributed by atoms with van der Waals surface area (Å²) in [6.07, 6.45) is 0. The van der Waals surface area contributed by atoms with Crippen LogP contribution >= 0.6 is 22.7 Å². The first-order valence-corrected chi connectivity index (χ1v) is 9.80. The zero-order chi connectivity index (χ0) is 17.8. The Bertz CT molecular complexity index is 929. The second-order valence-electron chi connectivity index (χ2n) is 5.56. The van der Waals surface area contributed by atoms with Crippen LogP contribution in [0.5, 0.6) is 0 Å². The molecule has 3 heterocycles. The standard InChI is InChI=1S/C19H15N3O2S2/c23-19(17(14-8-4-10-25-14)15-9-5-11-26-15)20-12-16-21-18(22-24-16)13-6-2-1-3-7-13/h1-11,17H,12H2,(H,20,23). The third kappa shape index (κ3) is 3.58. The summed E-state index contributed by atoms with van der Waals surface area (Å²) in [5.74, 6) is 0.511. The van der Waals surface area contributed by atoms with E-state index in [-0.39, 0.29) is 18.4 Å². The van der Waals surface area contributed by atoms with E-state index in [9.17, 15) is 4.79 Å². The Morgan fingerprint density at radius 2 is 1.69 bits per heavy atom. The minimum absolute atomic E-state index is 0.0747. The molecule has 1 N–H and O–H groups in total. The quantitative estimate of drug-likeness (QED) is 0.540. The van der Waals surface area contributed by atoms with Crippen molar-refractivity contribution < 1.29 is 9.32 Å². The highest BCUT2D eigenvalue weighted by atomic mass is 32.1. The fourth-order valence-electron chi connectivity index (χ4n) is 2.61. The van der Waals surface area contributed by atoms with Crippen LogP contribution in [0, 0.1) is 0 Å². The lowest BCUT2D eigenvalue weighted by atomic mass is 10.0. The molecule has 130 valence electrons. The van der Waals surface area contributed by atoms with Crippen LogP contribution in [0.1, 0.15) is 21.6 Å². The van der Waals surface area contributed by atoms with Crippen LogP contribution < -0.4 is 5.32 Å². The zero-order valence-corrected chi connectivity index (χ0v) is 15.3. The number of hydrogen-bond acceptors (Lipinski definition) is 6. The molecule has 0 aliphatic rings. The molecule has 4 aromatic rings. The van der Waals surface area contributed by atoms with Gasteiger partial charge in [-0.15, -0.1) is 22.7 Å². The Morgan fingerprint density at radius 1 is 1.00 bits per heavy atom. The number of aromatic nitrogens is 2. The summed E-state index contributed by atoms with van der Waals surface area (Å²) in [6.45, 7) is 0.200. The zero-order valence-electron chi connectivity index (χ0n) is 13.7. The predicted molar refractivity (Wildman–Crippen MR) is 102 cm³/mol. The molecule has 0 unspecified atom stereocenters. The third-order valence-electron chi connectivity index (χ3n) is 3.83. The van der Waals surface area contributed by atoms with E-state index in [1.54, 1.807) is 22.7 Å². The maximum absolute atomic E-state index is 12.8. The predicted octanol–water partition coefficient (Wildman–Crippen LogP) is 4.31. The molecule has 0 atom stereocenters. The van der Waals surface area contributed by atoms with Crippen molar-refractivity contribution in [3.8, 4) is 11.4 Å². The van der Waals surface area contributed by atoms with Gasteiger partial charge in [-0.3, -0.25) is 4.79 Å². The van der Waals surface area contributed by atoms with Crippen molar-refractivity contribution in [2.75, 3.05) is 0 Å². The Labute approximate surface area is 158 Å². The summed E-state index contributed by atoms with van der Waals surface area (Å²) >= 11 is 3.15. The number of nitrogens with zero attached hydrogens (tertiary/aromatic N) is 2. The molecule has 26 heavy (non-hydrogen) atoms. The molecular formula is C19H15N3O2S2. The summed E-state index contributed by atoms with van der Waals surface area (Å²) in [5.41, 5.74) is 0.879. The highest BCUT2D eigenvalue weighted by Gasteiger charge is 2.25. The van der Waals surface area contributed by atoms with Gasteiger partial charge in [0.2, 0.25) is 17.6 Å². The lowest BCUT2D eigenvalue weighted by molar-refractivity contribution is -0.121. The second kappa shape index (κ2) is 7.63. The van der Waals surface area contributed by atoms with Crippen molar-refractivity contribution in [2.24, 2.45) is 0 Å². The normalized spacial score (nSPS) is 11.0. The van der Waals surface area contributed by atoms with E-state index in [1.165, 1.54) is 0 Å². The average molecular weight is 381 g/mol. The molecule has 1 amide bonds. The van der Waals surface area contributed by atoms with Crippen LogP contribution in [-0.4, -0.2) is 16.0 Å². The minimum atomic E-state index is -0.313. The van der Waals surface area contributed by atoms with E-state index < -0.39 is 0 Å². The molecule has 0 fully saturated rings. The van der Waals surface area contributed by atoms with Gasteiger partial charge < -0.3 is 9.84 Å². The van der Waals surface area contributed by atoms with Crippen LogP contribution in [0.4, 0.5) is 0 Å². The molecule has 3 aromatic heterocycles. The molecule has 0 bridgehead atoms. The SMILES string of the molecule is O=C(NCc1nc(-c2ccccc2)no1)C(c1cccs1)c1cccs1. The Morgan fingerprint density at radius 3 is 2.31 bits per heavy atom. The summed E-state index contributed by atoms with van der Waals surface area (Å²) in [7, 11) is 0. The van der Waals surface area contributed by atoms with Gasteiger partial charge in [-0.1, -0.05) is 47.6 Å². The number of carbonyl (C=O) groups excluding carboxylic acids is 1. The van der Waals surface area contributed by atoms with Gasteiger partial charge in [-0.2, -0.15) is 4.98 Å². The van der Waals surface area contributed by atoms with Gasteiger partial charge in [0.25, 0.3) is 0 Å². The molecule has 1 aromatic carbocycles. The second-order valence-corrected chi connectivity index (χ2v) is 7.52. The topological polar surface area (TPSA) is 68.0 Å². The van der Waals surface area contributed by atoms with E-state index in [0.29, 0.717) is 11.7 Å². The van der Waals surface area contributed by atoms with Crippen LogP contribution in [0.2, 0.25) is 0 Å². The Hall–Kier alpha value is -2.77. The fourth-order valence-corrected chi connectivity index (χ4v) is 4.36. The number of rotatable bonds is 6. The van der Waals surface area contributed by atoms with Gasteiger partial charge in [-0.25, -0.2) is 0 Å². The van der Waals surface area contributed by atoms with Crippen molar-refractivity contribution in [3.05, 3.63) is 81.0 Å². The average Bonchev–Trinajstić information content (AvgIpc) is 3.44. The molecular weight excluding hydrogens is 366 g/mol. The number of carbonyl (C=O) groups is 1. The molecule has 4 rings (SSSR count). The molecule has 0 saturated heterocycles. The van der Waals surface area contributed by atoms with Crippen molar-refractivity contribution in [3.63, 3.8) is 0 Å². The van der Waals surface area contributed by atoms with Gasteiger partial charge in [0.05, 0.1) is 6.54 Å². The van der Waals surface area contributed by atoms with E-state index in [4.69, 9.17) is 4.52 Å². The number of benzene rings is 1. The fraction of sp³-hybridized carbons (Fsp3) is 0.105. The summed E-state index contributed by atoms with van der Waals surface area (Å²) in [5, 5.41) is 10.9. The molecule has 0 saturated carbocycles. The highest BCUT2D eigenvalue weighted by Crippen LogP contribution is 2.31. The van der Waals surface area contributed by atoms with Crippen molar-refractivity contribution >= 4 is 28.6 Å². The van der Waals surface area contributed by atoms with Crippen LogP contribution in [-0.2, 0) is 11.3 Å². The minimum Gasteiger partial charge on any atom is -0.346 e. The van der Waals surface area contributed by atoms with Gasteiger partial charge in [0.15, 0.2) is 0 Å². The molecule has 0 spiro atoms. The first-order valence-electron chi connectivity index (χ1n) is 8.04. The monoisotopic (exact) mass is 381 g/mol. The lowest BCUT2D eigenvalue weighted by Crippen LogP contribution is -2.29. The number of nitrogens with one attached hydrogen (secondary N) is 1. The van der Waals surface area contributed by atoms with Crippen LogP contribution in [0.15, 0.2) is 69.9 Å². The van der Waals surface area contributed by atoms with Gasteiger partial charge in [0.1, 0.15) is 5.92 Å². The van der Waals surface area contributed by atoms with E-state index in [0.717, 1.165) is 15.3 Å². The van der Waals surface area contributed by atoms with Crippen LogP contribution in [0.3, 0.4) is 0 Å². The maximum Gasteiger partial charge on any atom is 0.246 e. The summed E-state index contributed by atoms with van der Waals surface area (Å²) < 4.78 is 5.26. The molecule has 0 aliphatic carbocycles. The lowest BCUT2D eigenvalue weighted by Gasteiger charge is -2.13. The van der Waals surface area contributed by atoms with Crippen molar-refractivity contribution in [1.29, 1.82) is 0 Å². The first kappa shape index (κ1) is 16.7. The third-order valence-corrected chi connectivity index (χ3v) is 5.71. The number of thiophene rings is 2. The van der Waals surface area contributed by atoms with Crippen molar-refractivity contribution in [2.45, 2.75) is 12.5 Å². The summed E-state index contributed by atoms with van der Waals surface area (Å²) in [6, 6.07) is 17.5. The van der Waals surface area contributed by atoms with E-state index >= 15 is 0 Å².